The number of nitrogens with two attached hydrogens (primary N) is 1. The highest BCUT2D eigenvalue weighted by molar-refractivity contribution is 14.0. The highest BCUT2D eigenvalue weighted by Gasteiger charge is 2.19. The molecule has 1 saturated heterocycles. The molecule has 0 amide bonds. The summed E-state index contributed by atoms with van der Waals surface area (Å²) in [7, 11) is 1.77. The van der Waals surface area contributed by atoms with Crippen molar-refractivity contribution in [1.29, 1.82) is 0 Å². The van der Waals surface area contributed by atoms with Crippen molar-refractivity contribution >= 4 is 35.6 Å². The van der Waals surface area contributed by atoms with Crippen LogP contribution in [0.15, 0.2) is 35.3 Å². The van der Waals surface area contributed by atoms with Gasteiger partial charge in [-0.15, -0.1) is 24.0 Å². The first-order valence-corrected chi connectivity index (χ1v) is 5.96. The summed E-state index contributed by atoms with van der Waals surface area (Å²) < 4.78 is 5.33. The monoisotopic (exact) mass is 361 g/mol. The predicted octanol–water partition coefficient (Wildman–Crippen LogP) is 2.36. The van der Waals surface area contributed by atoms with Crippen molar-refractivity contribution < 1.29 is 4.74 Å². The van der Waals surface area contributed by atoms with Crippen LogP contribution < -0.4 is 5.73 Å². The lowest BCUT2D eigenvalue weighted by atomic mass is 10.1. The van der Waals surface area contributed by atoms with Crippen molar-refractivity contribution in [2.45, 2.75) is 18.9 Å². The van der Waals surface area contributed by atoms with Gasteiger partial charge in [0.15, 0.2) is 5.96 Å². The fourth-order valence-corrected chi connectivity index (χ4v) is 2.03. The first-order valence-electron chi connectivity index (χ1n) is 5.96. The number of para-hydroxylation sites is 1. The van der Waals surface area contributed by atoms with Crippen LogP contribution in [0.25, 0.3) is 0 Å². The number of ether oxygens (including phenoxy) is 1. The van der Waals surface area contributed by atoms with Gasteiger partial charge in [-0.05, 0) is 25.0 Å². The van der Waals surface area contributed by atoms with Gasteiger partial charge in [0.25, 0.3) is 0 Å². The molecule has 0 bridgehead atoms. The first kappa shape index (κ1) is 15.2. The molecule has 1 aromatic rings. The Morgan fingerprint density at radius 2 is 1.89 bits per heavy atom. The number of methoxy groups -OCH3 is 1. The second kappa shape index (κ2) is 7.58. The highest BCUT2D eigenvalue weighted by atomic mass is 127. The lowest BCUT2D eigenvalue weighted by molar-refractivity contribution is 0.0576. The number of piperidine rings is 1. The van der Waals surface area contributed by atoms with Gasteiger partial charge in [-0.2, -0.15) is 0 Å². The molecule has 0 spiro atoms. The van der Waals surface area contributed by atoms with Crippen LogP contribution in [0.5, 0.6) is 0 Å². The number of nitrogens with zero attached hydrogens (tertiary/aromatic N) is 2. The number of benzene rings is 1. The fraction of sp³-hybridized carbons (Fsp3) is 0.462. The van der Waals surface area contributed by atoms with E-state index in [1.54, 1.807) is 7.11 Å². The van der Waals surface area contributed by atoms with Gasteiger partial charge in [-0.25, -0.2) is 4.99 Å². The summed E-state index contributed by atoms with van der Waals surface area (Å²) in [5.41, 5.74) is 6.90. The average molecular weight is 361 g/mol. The molecule has 0 radical (unpaired) electrons. The predicted molar refractivity (Wildman–Crippen MR) is 84.7 cm³/mol. The quantitative estimate of drug-likeness (QED) is 0.500. The van der Waals surface area contributed by atoms with Gasteiger partial charge < -0.3 is 15.4 Å². The molecule has 2 rings (SSSR count). The summed E-state index contributed by atoms with van der Waals surface area (Å²) in [6.45, 7) is 1.83. The largest absolute Gasteiger partial charge is 0.381 e. The summed E-state index contributed by atoms with van der Waals surface area (Å²) in [6.07, 6.45) is 2.40. The van der Waals surface area contributed by atoms with E-state index >= 15 is 0 Å². The van der Waals surface area contributed by atoms with Crippen molar-refractivity contribution in [1.82, 2.24) is 4.90 Å². The lowest BCUT2D eigenvalue weighted by Gasteiger charge is -2.31. The Bertz CT molecular complexity index is 375. The summed E-state index contributed by atoms with van der Waals surface area (Å²) >= 11 is 0. The van der Waals surface area contributed by atoms with Gasteiger partial charge >= 0.3 is 0 Å². The number of rotatable bonds is 2. The van der Waals surface area contributed by atoms with Crippen LogP contribution in [0.1, 0.15) is 12.8 Å². The number of halogens is 1. The molecule has 1 fully saturated rings. The highest BCUT2D eigenvalue weighted by Crippen LogP contribution is 2.15. The smallest absolute Gasteiger partial charge is 0.196 e. The Morgan fingerprint density at radius 3 is 2.44 bits per heavy atom. The van der Waals surface area contributed by atoms with Gasteiger partial charge in [0.1, 0.15) is 0 Å². The number of hydrogen-bond acceptors (Lipinski definition) is 2. The Kier molecular flexibility index (Phi) is 6.42. The Labute approximate surface area is 125 Å². The second-order valence-electron chi connectivity index (χ2n) is 4.23. The molecule has 100 valence electrons. The third-order valence-electron chi connectivity index (χ3n) is 3.10. The van der Waals surface area contributed by atoms with Gasteiger partial charge in [-0.1, -0.05) is 18.2 Å². The van der Waals surface area contributed by atoms with Crippen LogP contribution >= 0.6 is 24.0 Å². The maximum Gasteiger partial charge on any atom is 0.196 e. The zero-order valence-corrected chi connectivity index (χ0v) is 12.9. The number of aliphatic imine (C=N–C) groups is 1. The fourth-order valence-electron chi connectivity index (χ4n) is 2.03. The molecule has 1 aliphatic heterocycles. The molecule has 0 aliphatic carbocycles. The Balaban J connectivity index is 0.00000162. The molecule has 2 N–H and O–H groups in total. The van der Waals surface area contributed by atoms with E-state index in [2.05, 4.69) is 9.89 Å². The van der Waals surface area contributed by atoms with Crippen molar-refractivity contribution in [3.63, 3.8) is 0 Å². The number of guanidine groups is 1. The van der Waals surface area contributed by atoms with E-state index in [0.717, 1.165) is 31.6 Å². The van der Waals surface area contributed by atoms with Crippen LogP contribution in [0.2, 0.25) is 0 Å². The summed E-state index contributed by atoms with van der Waals surface area (Å²) in [5.74, 6) is 0.603. The van der Waals surface area contributed by atoms with Crippen LogP contribution in [0, 0.1) is 0 Å². The molecule has 1 aromatic carbocycles. The summed E-state index contributed by atoms with van der Waals surface area (Å²) in [4.78, 5) is 6.53. The molecule has 1 heterocycles. The first-order chi connectivity index (χ1) is 8.29. The van der Waals surface area contributed by atoms with Crippen molar-refractivity contribution in [2.75, 3.05) is 20.2 Å². The Hall–Kier alpha value is -0.820. The van der Waals surface area contributed by atoms with Gasteiger partial charge in [-0.3, -0.25) is 0 Å². The molecule has 5 heteroatoms. The SMILES string of the molecule is COC1CCN(C(N)=Nc2ccccc2)CC1.I. The minimum Gasteiger partial charge on any atom is -0.381 e. The molecule has 0 saturated carbocycles. The normalized spacial score (nSPS) is 17.4. The van der Waals surface area contributed by atoms with Crippen LogP contribution in [0.4, 0.5) is 5.69 Å². The zero-order chi connectivity index (χ0) is 12.1. The van der Waals surface area contributed by atoms with Crippen molar-refractivity contribution in [3.05, 3.63) is 30.3 Å². The molecule has 0 aromatic heterocycles. The van der Waals surface area contributed by atoms with Crippen LogP contribution in [-0.4, -0.2) is 37.2 Å². The second-order valence-corrected chi connectivity index (χ2v) is 4.23. The van der Waals surface area contributed by atoms with Crippen LogP contribution in [-0.2, 0) is 4.74 Å². The maximum atomic E-state index is 6.00. The van der Waals surface area contributed by atoms with Crippen molar-refractivity contribution in [2.24, 2.45) is 10.7 Å². The Morgan fingerprint density at radius 1 is 1.28 bits per heavy atom. The average Bonchev–Trinajstić information content (AvgIpc) is 2.40. The third-order valence-corrected chi connectivity index (χ3v) is 3.10. The maximum absolute atomic E-state index is 6.00. The van der Waals surface area contributed by atoms with E-state index in [4.69, 9.17) is 10.5 Å². The molecule has 0 atom stereocenters. The molecular weight excluding hydrogens is 341 g/mol. The van der Waals surface area contributed by atoms with E-state index in [1.807, 2.05) is 30.3 Å². The van der Waals surface area contributed by atoms with Crippen LogP contribution in [0.3, 0.4) is 0 Å². The van der Waals surface area contributed by atoms with Crippen molar-refractivity contribution in [3.8, 4) is 0 Å². The molecule has 1 aliphatic rings. The number of likely N-dealkylation sites (tertiary alicyclic amines) is 1. The molecular formula is C13H20IN3O. The van der Waals surface area contributed by atoms with E-state index < -0.39 is 0 Å². The standard InChI is InChI=1S/C13H19N3O.HI/c1-17-12-7-9-16(10-8-12)13(14)15-11-5-3-2-4-6-11;/h2-6,12H,7-10H2,1H3,(H2,14,15);1H. The van der Waals surface area contributed by atoms with E-state index in [0.29, 0.717) is 12.1 Å². The third kappa shape index (κ3) is 4.13. The molecule has 18 heavy (non-hydrogen) atoms. The van der Waals surface area contributed by atoms with Gasteiger partial charge in [0.05, 0.1) is 11.8 Å². The topological polar surface area (TPSA) is 50.9 Å². The molecule has 0 unspecified atom stereocenters. The minimum atomic E-state index is 0. The zero-order valence-electron chi connectivity index (χ0n) is 10.6. The lowest BCUT2D eigenvalue weighted by Crippen LogP contribution is -2.44. The van der Waals surface area contributed by atoms with E-state index in [-0.39, 0.29) is 24.0 Å². The molecule has 4 nitrogen and oxygen atoms in total. The van der Waals surface area contributed by atoms with Gasteiger partial charge in [0.2, 0.25) is 0 Å². The number of hydrogen-bond donors (Lipinski definition) is 1. The summed E-state index contributed by atoms with van der Waals surface area (Å²) in [6, 6.07) is 9.80. The van der Waals surface area contributed by atoms with E-state index in [9.17, 15) is 0 Å². The summed E-state index contributed by atoms with van der Waals surface area (Å²) in [5, 5.41) is 0. The minimum absolute atomic E-state index is 0. The van der Waals surface area contributed by atoms with Gasteiger partial charge in [0, 0.05) is 20.2 Å². The van der Waals surface area contributed by atoms with E-state index in [1.165, 1.54) is 0 Å².